The summed E-state index contributed by atoms with van der Waals surface area (Å²) in [6.45, 7) is 3.46. The average molecular weight is 1440 g/mol. The quantitative estimate of drug-likeness (QED) is 0.00886. The number of hydrogen-bond acceptors (Lipinski definition) is 23. The summed E-state index contributed by atoms with van der Waals surface area (Å²) < 4.78 is 65.1. The Morgan fingerprint density at radius 2 is 0.707 bits per heavy atom. The number of aliphatic hydroxyl groups excluding tert-OH is 10. The molecule has 0 aromatic rings. The smallest absolute Gasteiger partial charge is 0.463 e. The fourth-order valence-electron chi connectivity index (χ4n) is 12.9. The van der Waals surface area contributed by atoms with Gasteiger partial charge in [0.25, 0.3) is 0 Å². The van der Waals surface area contributed by atoms with Gasteiger partial charge in [0, 0.05) is 19.3 Å². The maximum Gasteiger partial charge on any atom is 0.472 e. The molecule has 24 nitrogen and oxygen atoms in total. The summed E-state index contributed by atoms with van der Waals surface area (Å²) in [6, 6.07) is 0. The van der Waals surface area contributed by atoms with Gasteiger partial charge >= 0.3 is 25.7 Å². The van der Waals surface area contributed by atoms with Crippen LogP contribution in [0.1, 0.15) is 310 Å². The van der Waals surface area contributed by atoms with E-state index in [1.807, 2.05) is 0 Å². The molecule has 0 aromatic carbocycles. The molecule has 2 aliphatic heterocycles. The maximum atomic E-state index is 14.3. The lowest BCUT2D eigenvalue weighted by Gasteiger charge is -2.49. The monoisotopic (exact) mass is 1440 g/mol. The van der Waals surface area contributed by atoms with E-state index < -0.39 is 156 Å². The van der Waals surface area contributed by atoms with Crippen LogP contribution in [0.5, 0.6) is 0 Å². The Hall–Kier alpha value is -2.30. The van der Waals surface area contributed by atoms with Gasteiger partial charge in [-0.2, -0.15) is 0 Å². The summed E-state index contributed by atoms with van der Waals surface area (Å²) in [7, 11) is -5.70. The molecular formula is C74H137O24P. The lowest BCUT2D eigenvalue weighted by Crippen LogP contribution is -2.69. The molecule has 582 valence electrons. The molecule has 18 atom stereocenters. The minimum absolute atomic E-state index is 0.0322. The van der Waals surface area contributed by atoms with Gasteiger partial charge in [0.2, 0.25) is 0 Å². The van der Waals surface area contributed by atoms with E-state index >= 15 is 0 Å². The molecule has 0 amide bonds. The van der Waals surface area contributed by atoms with E-state index in [-0.39, 0.29) is 19.3 Å². The van der Waals surface area contributed by atoms with Gasteiger partial charge in [-0.15, -0.1) is 0 Å². The van der Waals surface area contributed by atoms with Gasteiger partial charge < -0.3 is 89.1 Å². The first-order chi connectivity index (χ1) is 47.8. The Morgan fingerprint density at radius 3 is 1.10 bits per heavy atom. The lowest BCUT2D eigenvalue weighted by molar-refractivity contribution is -0.360. The third kappa shape index (κ3) is 39.0. The number of allylic oxidation sites excluding steroid dienone is 2. The molecule has 1 saturated carbocycles. The number of ether oxygens (including phenoxy) is 7. The fourth-order valence-corrected chi connectivity index (χ4v) is 13.9. The molecule has 0 spiro atoms. The molecule has 3 aliphatic rings. The zero-order valence-corrected chi connectivity index (χ0v) is 61.7. The maximum absolute atomic E-state index is 14.3. The third-order valence-electron chi connectivity index (χ3n) is 19.3. The van der Waals surface area contributed by atoms with Crippen molar-refractivity contribution in [2.75, 3.05) is 26.4 Å². The van der Waals surface area contributed by atoms with Crippen molar-refractivity contribution in [3.8, 4) is 0 Å². The number of esters is 3. The zero-order chi connectivity index (χ0) is 72.5. The average Bonchev–Trinajstić information content (AvgIpc) is 0.763. The molecule has 25 heteroatoms. The summed E-state index contributed by atoms with van der Waals surface area (Å²) in [6.07, 6.45) is 15.5. The van der Waals surface area contributed by atoms with Crippen molar-refractivity contribution >= 4 is 25.7 Å². The highest BCUT2D eigenvalue weighted by atomic mass is 31.2. The van der Waals surface area contributed by atoms with Crippen molar-refractivity contribution in [2.45, 2.75) is 414 Å². The molecule has 11 N–H and O–H groups in total. The normalized spacial score (nSPS) is 27.5. The number of rotatable bonds is 61. The lowest BCUT2D eigenvalue weighted by atomic mass is 9.84. The number of unbranched alkanes of at least 4 members (excludes halogenated alkanes) is 38. The van der Waals surface area contributed by atoms with Crippen LogP contribution < -0.4 is 0 Å². The van der Waals surface area contributed by atoms with E-state index in [4.69, 9.17) is 42.2 Å². The van der Waals surface area contributed by atoms with Crippen molar-refractivity contribution < 1.29 is 117 Å². The van der Waals surface area contributed by atoms with Crippen LogP contribution in [-0.2, 0) is 61.2 Å². The number of aliphatic hydroxyl groups is 10. The molecule has 2 heterocycles. The Kier molecular flexibility index (Phi) is 51.5. The summed E-state index contributed by atoms with van der Waals surface area (Å²) >= 11 is 0. The Labute approximate surface area is 592 Å². The topological polar surface area (TPSA) is 374 Å². The van der Waals surface area contributed by atoms with Gasteiger partial charge in [-0.1, -0.05) is 258 Å². The van der Waals surface area contributed by atoms with Crippen LogP contribution >= 0.6 is 7.82 Å². The van der Waals surface area contributed by atoms with Gasteiger partial charge in [0.15, 0.2) is 18.7 Å². The second-order valence-corrected chi connectivity index (χ2v) is 29.5. The van der Waals surface area contributed by atoms with Gasteiger partial charge in [-0.3, -0.25) is 23.4 Å². The number of phosphoric ester groups is 1. The molecule has 0 radical (unpaired) electrons. The second kappa shape index (κ2) is 56.1. The SMILES string of the molecule is CCCCCC/C=C\CCCCCCCCCC(=O)OC(COC(=O)CCCCCCCCCCCCCCCCCC)COP(=O)(O)OC1C(OC2OC(CO)C(O)C(O)C2O)C(O)C(O)C(O)C1OC1OC(COC(=O)CCCCCCCCCCCCCCC)C(O)C(O)C1O. The Bertz CT molecular complexity index is 2090. The molecule has 0 aromatic heterocycles. The van der Waals surface area contributed by atoms with Gasteiger partial charge in [-0.25, -0.2) is 4.57 Å². The van der Waals surface area contributed by atoms with E-state index in [0.717, 1.165) is 109 Å². The number of hydrogen-bond donors (Lipinski definition) is 11. The number of carbonyl (C=O) groups is 3. The fraction of sp³-hybridized carbons (Fsp3) is 0.932. The van der Waals surface area contributed by atoms with Crippen molar-refractivity contribution in [2.24, 2.45) is 0 Å². The molecule has 2 saturated heterocycles. The van der Waals surface area contributed by atoms with Crippen molar-refractivity contribution in [3.05, 3.63) is 12.2 Å². The standard InChI is InChI=1S/C74H137O24P/c1-4-7-10-13-16-19-22-25-27-29-31-34-36-39-42-45-48-58(76)90-52-55(93-60(78)50-47-44-41-38-35-32-28-26-23-20-17-14-11-8-5-2)53-92-99(88,89)98-72-70(96-73-68(86)63(81)61(79)56(51-75)94-73)66(84)65(83)67(85)71(72)97-74-69(87)64(82)62(80)57(95-74)54-91-59(77)49-46-43-40-37-33-30-24-21-18-15-12-9-6-3/h20,23,55-57,61-75,79-87H,4-19,21-22,24-54H2,1-3H3,(H,88,89)/b23-20-. The highest BCUT2D eigenvalue weighted by Crippen LogP contribution is 2.49. The molecule has 0 bridgehead atoms. The first kappa shape index (κ1) is 90.9. The van der Waals surface area contributed by atoms with E-state index in [0.29, 0.717) is 19.3 Å². The van der Waals surface area contributed by atoms with Crippen LogP contribution in [0.25, 0.3) is 0 Å². The molecule has 1 aliphatic carbocycles. The minimum Gasteiger partial charge on any atom is -0.463 e. The first-order valence-electron chi connectivity index (χ1n) is 39.0. The van der Waals surface area contributed by atoms with Crippen LogP contribution in [0.3, 0.4) is 0 Å². The van der Waals surface area contributed by atoms with Crippen LogP contribution in [0.15, 0.2) is 12.2 Å². The van der Waals surface area contributed by atoms with Crippen molar-refractivity contribution in [3.63, 3.8) is 0 Å². The largest absolute Gasteiger partial charge is 0.472 e. The van der Waals surface area contributed by atoms with Crippen molar-refractivity contribution in [1.29, 1.82) is 0 Å². The second-order valence-electron chi connectivity index (χ2n) is 28.1. The summed E-state index contributed by atoms with van der Waals surface area (Å²) in [4.78, 5) is 51.1. The predicted molar refractivity (Wildman–Crippen MR) is 375 cm³/mol. The molecule has 3 rings (SSSR count). The molecule has 99 heavy (non-hydrogen) atoms. The third-order valence-corrected chi connectivity index (χ3v) is 20.3. The molecule has 3 fully saturated rings. The van der Waals surface area contributed by atoms with Crippen LogP contribution in [0.4, 0.5) is 0 Å². The van der Waals surface area contributed by atoms with E-state index in [2.05, 4.69) is 32.9 Å². The number of carbonyl (C=O) groups excluding carboxylic acids is 3. The van der Waals surface area contributed by atoms with Gasteiger partial charge in [0.1, 0.15) is 98.7 Å². The highest BCUT2D eigenvalue weighted by molar-refractivity contribution is 7.47. The summed E-state index contributed by atoms with van der Waals surface area (Å²) in [5, 5.41) is 110. The molecule has 18 unspecified atom stereocenters. The Morgan fingerprint density at radius 1 is 0.384 bits per heavy atom. The van der Waals surface area contributed by atoms with E-state index in [1.165, 1.54) is 141 Å². The highest BCUT2D eigenvalue weighted by Gasteiger charge is 2.58. The first-order valence-corrected chi connectivity index (χ1v) is 40.5. The van der Waals surface area contributed by atoms with E-state index in [1.54, 1.807) is 0 Å². The Balaban J connectivity index is 1.72. The minimum atomic E-state index is -5.70. The molecular weight excluding hydrogens is 1300 g/mol. The van der Waals surface area contributed by atoms with Gasteiger partial charge in [0.05, 0.1) is 13.2 Å². The van der Waals surface area contributed by atoms with Crippen LogP contribution in [-0.4, -0.2) is 204 Å². The number of phosphoric acid groups is 1. The van der Waals surface area contributed by atoms with Gasteiger partial charge in [-0.05, 0) is 44.9 Å². The predicted octanol–water partition coefficient (Wildman–Crippen LogP) is 11.1. The van der Waals surface area contributed by atoms with Crippen LogP contribution in [0.2, 0.25) is 0 Å². The summed E-state index contributed by atoms with van der Waals surface area (Å²) in [5.74, 6) is -1.98. The zero-order valence-electron chi connectivity index (χ0n) is 60.8. The van der Waals surface area contributed by atoms with E-state index in [9.17, 15) is 74.9 Å². The van der Waals surface area contributed by atoms with Crippen LogP contribution in [0, 0.1) is 0 Å². The van der Waals surface area contributed by atoms with Crippen molar-refractivity contribution in [1.82, 2.24) is 0 Å². The summed E-state index contributed by atoms with van der Waals surface area (Å²) in [5.41, 5.74) is 0.